The fourth-order valence-electron chi connectivity index (χ4n) is 3.44. The van der Waals surface area contributed by atoms with E-state index in [1.165, 1.54) is 25.7 Å². The third kappa shape index (κ3) is 8.87. The van der Waals surface area contributed by atoms with Gasteiger partial charge in [0.15, 0.2) is 6.29 Å². The second kappa shape index (κ2) is 13.5. The number of hydrogen-bond acceptors (Lipinski definition) is 6. The van der Waals surface area contributed by atoms with E-state index in [0.717, 1.165) is 40.3 Å². The maximum absolute atomic E-state index is 10.3. The summed E-state index contributed by atoms with van der Waals surface area (Å²) >= 11 is 13.7. The topological polar surface area (TPSA) is 98.7 Å². The predicted octanol–water partition coefficient (Wildman–Crippen LogP) is 5.87. The zero-order chi connectivity index (χ0) is 26.2. The van der Waals surface area contributed by atoms with Crippen molar-refractivity contribution in [2.24, 2.45) is 11.8 Å². The van der Waals surface area contributed by atoms with Gasteiger partial charge >= 0.3 is 0 Å². The van der Waals surface area contributed by atoms with E-state index in [9.17, 15) is 9.90 Å². The van der Waals surface area contributed by atoms with Crippen molar-refractivity contribution in [2.75, 3.05) is 0 Å². The summed E-state index contributed by atoms with van der Waals surface area (Å²) in [5.74, 6) is 1.58. The van der Waals surface area contributed by atoms with Crippen LogP contribution >= 0.6 is 45.8 Å². The van der Waals surface area contributed by atoms with Crippen molar-refractivity contribution in [3.05, 3.63) is 92.0 Å². The van der Waals surface area contributed by atoms with Crippen molar-refractivity contribution in [2.45, 2.75) is 44.9 Å². The molecule has 0 radical (unpaired) electrons. The Morgan fingerprint density at radius 2 is 1.54 bits per heavy atom. The summed E-state index contributed by atoms with van der Waals surface area (Å²) in [5, 5.41) is 19.5. The monoisotopic (exact) mass is 652 g/mol. The van der Waals surface area contributed by atoms with Crippen molar-refractivity contribution in [1.82, 2.24) is 29.5 Å². The molecule has 8 nitrogen and oxygen atoms in total. The van der Waals surface area contributed by atoms with Gasteiger partial charge < -0.3 is 5.11 Å². The third-order valence-corrected chi connectivity index (χ3v) is 7.65. The van der Waals surface area contributed by atoms with Crippen molar-refractivity contribution in [1.29, 1.82) is 0 Å². The minimum absolute atomic E-state index is 0.333. The van der Waals surface area contributed by atoms with E-state index in [0.29, 0.717) is 21.4 Å². The number of carbonyl (C=O) groups is 1. The highest BCUT2D eigenvalue weighted by atomic mass is 127. The molecule has 2 aliphatic rings. The van der Waals surface area contributed by atoms with E-state index in [1.54, 1.807) is 43.1 Å². The zero-order valence-electron chi connectivity index (χ0n) is 20.0. The minimum atomic E-state index is -0.765. The van der Waals surface area contributed by atoms with Gasteiger partial charge in [-0.05, 0) is 78.3 Å². The molecule has 0 saturated heterocycles. The van der Waals surface area contributed by atoms with E-state index in [4.69, 9.17) is 23.2 Å². The maximum Gasteiger partial charge on any atom is 0.153 e. The molecule has 0 bridgehead atoms. The first kappa shape index (κ1) is 27.7. The molecule has 2 aliphatic carbocycles. The van der Waals surface area contributed by atoms with Gasteiger partial charge in [0.25, 0.3) is 0 Å². The van der Waals surface area contributed by atoms with Gasteiger partial charge in [-0.2, -0.15) is 10.2 Å². The number of rotatable bonds is 7. The molecule has 37 heavy (non-hydrogen) atoms. The lowest BCUT2D eigenvalue weighted by Crippen LogP contribution is -2.02. The lowest BCUT2D eigenvalue weighted by atomic mass is 10.1. The van der Waals surface area contributed by atoms with Crippen molar-refractivity contribution >= 4 is 52.1 Å². The molecular formula is C26H27Cl2IN6O2. The highest BCUT2D eigenvalue weighted by Crippen LogP contribution is 2.31. The summed E-state index contributed by atoms with van der Waals surface area (Å²) in [5.41, 5.74) is 2.04. The number of aromatic nitrogens is 6. The normalized spacial score (nSPS) is 15.1. The molecule has 11 heteroatoms. The molecule has 194 valence electrons. The number of nitrogens with zero attached hydrogens (tertiary/aromatic N) is 6. The number of aldehydes is 1. The molecule has 0 amide bonds. The third-order valence-electron chi connectivity index (χ3n) is 5.84. The van der Waals surface area contributed by atoms with E-state index >= 15 is 0 Å². The molecule has 0 aromatic carbocycles. The van der Waals surface area contributed by atoms with Crippen LogP contribution in [0.25, 0.3) is 0 Å². The van der Waals surface area contributed by atoms with Gasteiger partial charge in [-0.3, -0.25) is 14.2 Å². The molecule has 4 aromatic rings. The van der Waals surface area contributed by atoms with Gasteiger partial charge in [-0.25, -0.2) is 9.97 Å². The number of halogens is 3. The average Bonchev–Trinajstić information content (AvgIpc) is 3.80. The molecule has 2 saturated carbocycles. The Bertz CT molecular complexity index is 1280. The van der Waals surface area contributed by atoms with Gasteiger partial charge in [0.1, 0.15) is 16.4 Å². The molecule has 0 aliphatic heterocycles. The molecule has 0 spiro atoms. The van der Waals surface area contributed by atoms with Crippen LogP contribution in [0.15, 0.2) is 61.4 Å². The maximum atomic E-state index is 10.3. The molecule has 4 aromatic heterocycles. The van der Waals surface area contributed by atoms with Crippen molar-refractivity contribution < 1.29 is 9.90 Å². The van der Waals surface area contributed by atoms with Crippen LogP contribution in [0.2, 0.25) is 10.3 Å². The molecule has 1 unspecified atom stereocenters. The summed E-state index contributed by atoms with van der Waals surface area (Å²) in [6, 6.07) is 7.31. The summed E-state index contributed by atoms with van der Waals surface area (Å²) in [7, 11) is 0. The van der Waals surface area contributed by atoms with Crippen LogP contribution < -0.4 is 0 Å². The Kier molecular flexibility index (Phi) is 10.1. The SMILES string of the molecule is Clc1ncccc1I.O=Cc1cnn(CC2CC2)c1.OC(c1cnn(CC2CC2)c1)c1cccnc1Cl. The number of aliphatic hydroxyl groups is 1. The second-order valence-corrected chi connectivity index (χ2v) is 10.9. The quantitative estimate of drug-likeness (QED) is 0.152. The Hall–Kier alpha value is -2.34. The van der Waals surface area contributed by atoms with Gasteiger partial charge in [0, 0.05) is 49.0 Å². The number of hydrogen-bond donors (Lipinski definition) is 1. The van der Waals surface area contributed by atoms with Crippen LogP contribution in [0, 0.1) is 15.4 Å². The predicted molar refractivity (Wildman–Crippen MR) is 151 cm³/mol. The number of carbonyl (C=O) groups excluding carboxylic acids is 1. The molecule has 1 atom stereocenters. The molecule has 2 fully saturated rings. The fraction of sp³-hybridized carbons (Fsp3) is 0.346. The lowest BCUT2D eigenvalue weighted by molar-refractivity contribution is 0.112. The van der Waals surface area contributed by atoms with Crippen LogP contribution in [0.4, 0.5) is 0 Å². The van der Waals surface area contributed by atoms with Crippen LogP contribution in [-0.2, 0) is 13.1 Å². The van der Waals surface area contributed by atoms with Gasteiger partial charge in [0.2, 0.25) is 0 Å². The lowest BCUT2D eigenvalue weighted by Gasteiger charge is -2.09. The van der Waals surface area contributed by atoms with E-state index < -0.39 is 6.10 Å². The largest absolute Gasteiger partial charge is 0.383 e. The Balaban J connectivity index is 0.000000143. The molecule has 6 rings (SSSR count). The smallest absolute Gasteiger partial charge is 0.153 e. The Labute approximate surface area is 239 Å². The van der Waals surface area contributed by atoms with Crippen LogP contribution in [-0.4, -0.2) is 40.9 Å². The van der Waals surface area contributed by atoms with Crippen molar-refractivity contribution in [3.8, 4) is 0 Å². The first-order valence-electron chi connectivity index (χ1n) is 12.0. The van der Waals surface area contributed by atoms with E-state index in [2.05, 4.69) is 42.8 Å². The summed E-state index contributed by atoms with van der Waals surface area (Å²) in [6.45, 7) is 1.92. The standard InChI is InChI=1S/C13H14ClN3O.C8H10N2O.C5H3ClIN/c14-13-11(2-1-5-15-13)12(18)10-6-16-17(8-10)7-9-3-4-9;11-6-8-3-9-10(5-8)4-7-1-2-7;6-5-4(7)2-1-3-8-5/h1-2,5-6,8-9,12,18H,3-4,7H2;3,5-7H,1-2,4H2;1-3H. The minimum Gasteiger partial charge on any atom is -0.383 e. The molecular weight excluding hydrogens is 626 g/mol. The molecule has 4 heterocycles. The highest BCUT2D eigenvalue weighted by Gasteiger charge is 2.23. The van der Waals surface area contributed by atoms with Crippen molar-refractivity contribution in [3.63, 3.8) is 0 Å². The van der Waals surface area contributed by atoms with E-state index in [1.807, 2.05) is 27.7 Å². The summed E-state index contributed by atoms with van der Waals surface area (Å²) in [4.78, 5) is 18.1. The van der Waals surface area contributed by atoms with Crippen LogP contribution in [0.1, 0.15) is 53.3 Å². The second-order valence-electron chi connectivity index (χ2n) is 9.06. The van der Waals surface area contributed by atoms with Gasteiger partial charge in [-0.15, -0.1) is 0 Å². The average molecular weight is 653 g/mol. The zero-order valence-corrected chi connectivity index (χ0v) is 23.7. The highest BCUT2D eigenvalue weighted by molar-refractivity contribution is 14.1. The number of aliphatic hydroxyl groups excluding tert-OH is 1. The Morgan fingerprint density at radius 1 is 0.946 bits per heavy atom. The Morgan fingerprint density at radius 3 is 2.05 bits per heavy atom. The fourth-order valence-corrected chi connectivity index (χ4v) is 4.13. The first-order chi connectivity index (χ1) is 17.9. The van der Waals surface area contributed by atoms with Crippen LogP contribution in [0.5, 0.6) is 0 Å². The summed E-state index contributed by atoms with van der Waals surface area (Å²) in [6.07, 6.45) is 15.5. The van der Waals surface area contributed by atoms with Crippen LogP contribution in [0.3, 0.4) is 0 Å². The first-order valence-corrected chi connectivity index (χ1v) is 13.8. The van der Waals surface area contributed by atoms with Gasteiger partial charge in [-0.1, -0.05) is 29.3 Å². The number of pyridine rings is 2. The summed E-state index contributed by atoms with van der Waals surface area (Å²) < 4.78 is 4.73. The molecule has 1 N–H and O–H groups in total. The van der Waals surface area contributed by atoms with Gasteiger partial charge in [0.05, 0.1) is 21.5 Å². The van der Waals surface area contributed by atoms with E-state index in [-0.39, 0.29) is 0 Å².